The van der Waals surface area contributed by atoms with Crippen LogP contribution in [0.5, 0.6) is 0 Å². The molecular weight excluding hydrogens is 232 g/mol. The Morgan fingerprint density at radius 3 is 2.56 bits per heavy atom. The number of nitrogens with one attached hydrogen (secondary N) is 1. The highest BCUT2D eigenvalue weighted by molar-refractivity contribution is 5.91. The Bertz CT molecular complexity index is 421. The standard InChI is InChI=1S/C13H20N2O3/c1-8(9(2)17-3)15-12-7-10(13(16)18-4)5-6-11(12)14/h5-9,15H,14H2,1-4H3/t8-,9-/m0/s1. The molecule has 0 saturated heterocycles. The first-order valence-electron chi connectivity index (χ1n) is 5.76. The van der Waals surface area contributed by atoms with Crippen molar-refractivity contribution < 1.29 is 14.3 Å². The lowest BCUT2D eigenvalue weighted by molar-refractivity contribution is 0.0601. The molecule has 0 aliphatic rings. The molecule has 0 fully saturated rings. The molecule has 100 valence electrons. The summed E-state index contributed by atoms with van der Waals surface area (Å²) in [6.45, 7) is 3.94. The van der Waals surface area contributed by atoms with E-state index in [2.05, 4.69) is 10.1 Å². The smallest absolute Gasteiger partial charge is 0.337 e. The molecule has 0 saturated carbocycles. The van der Waals surface area contributed by atoms with Crippen LogP contribution in [0.15, 0.2) is 18.2 Å². The predicted octanol–water partition coefficient (Wildman–Crippen LogP) is 1.89. The van der Waals surface area contributed by atoms with Gasteiger partial charge in [-0.1, -0.05) is 0 Å². The Labute approximate surface area is 107 Å². The van der Waals surface area contributed by atoms with Crippen molar-refractivity contribution in [3.63, 3.8) is 0 Å². The minimum absolute atomic E-state index is 0.0335. The molecule has 5 nitrogen and oxygen atoms in total. The lowest BCUT2D eigenvalue weighted by atomic mass is 10.1. The Hall–Kier alpha value is -1.75. The number of methoxy groups -OCH3 is 2. The van der Waals surface area contributed by atoms with Gasteiger partial charge in [0.1, 0.15) is 0 Å². The summed E-state index contributed by atoms with van der Waals surface area (Å²) in [4.78, 5) is 11.4. The number of benzene rings is 1. The zero-order chi connectivity index (χ0) is 13.7. The van der Waals surface area contributed by atoms with Crippen LogP contribution in [0.2, 0.25) is 0 Å². The van der Waals surface area contributed by atoms with Crippen molar-refractivity contribution in [3.8, 4) is 0 Å². The molecule has 5 heteroatoms. The van der Waals surface area contributed by atoms with Crippen LogP contribution in [0.4, 0.5) is 11.4 Å². The average Bonchev–Trinajstić information content (AvgIpc) is 2.39. The van der Waals surface area contributed by atoms with E-state index in [1.807, 2.05) is 13.8 Å². The number of nitrogen functional groups attached to an aromatic ring is 1. The van der Waals surface area contributed by atoms with E-state index >= 15 is 0 Å². The van der Waals surface area contributed by atoms with Gasteiger partial charge in [0.05, 0.1) is 30.2 Å². The molecular formula is C13H20N2O3. The van der Waals surface area contributed by atoms with Crippen molar-refractivity contribution >= 4 is 17.3 Å². The van der Waals surface area contributed by atoms with E-state index in [-0.39, 0.29) is 18.1 Å². The van der Waals surface area contributed by atoms with Crippen LogP contribution in [0.1, 0.15) is 24.2 Å². The maximum atomic E-state index is 11.4. The maximum Gasteiger partial charge on any atom is 0.337 e. The Morgan fingerprint density at radius 1 is 1.33 bits per heavy atom. The van der Waals surface area contributed by atoms with Gasteiger partial charge in [0, 0.05) is 13.2 Å². The highest BCUT2D eigenvalue weighted by Crippen LogP contribution is 2.22. The first kappa shape index (κ1) is 14.3. The van der Waals surface area contributed by atoms with Gasteiger partial charge in [0.25, 0.3) is 0 Å². The number of ether oxygens (including phenoxy) is 2. The Kier molecular flexibility index (Phi) is 4.97. The third-order valence-corrected chi connectivity index (χ3v) is 2.93. The number of esters is 1. The lowest BCUT2D eigenvalue weighted by Gasteiger charge is -2.22. The van der Waals surface area contributed by atoms with Gasteiger partial charge in [-0.3, -0.25) is 0 Å². The molecule has 0 heterocycles. The topological polar surface area (TPSA) is 73.6 Å². The lowest BCUT2D eigenvalue weighted by Crippen LogP contribution is -2.30. The number of hydrogen-bond acceptors (Lipinski definition) is 5. The molecule has 0 unspecified atom stereocenters. The third-order valence-electron chi connectivity index (χ3n) is 2.93. The van der Waals surface area contributed by atoms with Gasteiger partial charge in [0.2, 0.25) is 0 Å². The van der Waals surface area contributed by atoms with E-state index in [9.17, 15) is 4.79 Å². The van der Waals surface area contributed by atoms with E-state index < -0.39 is 0 Å². The van der Waals surface area contributed by atoms with E-state index in [0.29, 0.717) is 16.9 Å². The molecule has 3 N–H and O–H groups in total. The fourth-order valence-corrected chi connectivity index (χ4v) is 1.49. The Morgan fingerprint density at radius 2 is 2.00 bits per heavy atom. The number of nitrogens with two attached hydrogens (primary N) is 1. The van der Waals surface area contributed by atoms with Crippen molar-refractivity contribution in [2.45, 2.75) is 26.0 Å². The first-order valence-corrected chi connectivity index (χ1v) is 5.76. The zero-order valence-electron chi connectivity index (χ0n) is 11.2. The highest BCUT2D eigenvalue weighted by Gasteiger charge is 2.14. The van der Waals surface area contributed by atoms with Crippen LogP contribution < -0.4 is 11.1 Å². The summed E-state index contributed by atoms with van der Waals surface area (Å²) in [5.41, 5.74) is 7.61. The van der Waals surface area contributed by atoms with Crippen LogP contribution in [0.3, 0.4) is 0 Å². The van der Waals surface area contributed by atoms with E-state index in [0.717, 1.165) is 0 Å². The molecule has 0 aromatic heterocycles. The number of anilines is 2. The largest absolute Gasteiger partial charge is 0.465 e. The van der Waals surface area contributed by atoms with Crippen LogP contribution in [0, 0.1) is 0 Å². The summed E-state index contributed by atoms with van der Waals surface area (Å²) >= 11 is 0. The molecule has 1 aromatic carbocycles. The van der Waals surface area contributed by atoms with Crippen molar-refractivity contribution in [2.75, 3.05) is 25.3 Å². The summed E-state index contributed by atoms with van der Waals surface area (Å²) in [5, 5.41) is 3.22. The summed E-state index contributed by atoms with van der Waals surface area (Å²) in [7, 11) is 3.00. The molecule has 0 aliphatic carbocycles. The molecule has 18 heavy (non-hydrogen) atoms. The predicted molar refractivity (Wildman–Crippen MR) is 71.7 cm³/mol. The second-order valence-corrected chi connectivity index (χ2v) is 4.17. The monoisotopic (exact) mass is 252 g/mol. The van der Waals surface area contributed by atoms with Gasteiger partial charge < -0.3 is 20.5 Å². The molecule has 2 atom stereocenters. The second-order valence-electron chi connectivity index (χ2n) is 4.17. The summed E-state index contributed by atoms with van der Waals surface area (Å²) < 4.78 is 9.90. The van der Waals surface area contributed by atoms with Crippen LogP contribution in [0.25, 0.3) is 0 Å². The van der Waals surface area contributed by atoms with Crippen LogP contribution in [-0.4, -0.2) is 32.3 Å². The van der Waals surface area contributed by atoms with Gasteiger partial charge in [-0.15, -0.1) is 0 Å². The molecule has 1 rings (SSSR count). The van der Waals surface area contributed by atoms with Gasteiger partial charge in [-0.2, -0.15) is 0 Å². The van der Waals surface area contributed by atoms with Crippen molar-refractivity contribution in [1.82, 2.24) is 0 Å². The maximum absolute atomic E-state index is 11.4. The van der Waals surface area contributed by atoms with Gasteiger partial charge >= 0.3 is 5.97 Å². The average molecular weight is 252 g/mol. The van der Waals surface area contributed by atoms with Crippen molar-refractivity contribution in [1.29, 1.82) is 0 Å². The van der Waals surface area contributed by atoms with Gasteiger partial charge in [0.15, 0.2) is 0 Å². The van der Waals surface area contributed by atoms with Gasteiger partial charge in [-0.25, -0.2) is 4.79 Å². The normalized spacial score (nSPS) is 13.8. The highest BCUT2D eigenvalue weighted by atomic mass is 16.5. The number of carbonyl (C=O) groups is 1. The fourth-order valence-electron chi connectivity index (χ4n) is 1.49. The minimum atomic E-state index is -0.384. The molecule has 1 aromatic rings. The number of hydrogen-bond donors (Lipinski definition) is 2. The summed E-state index contributed by atoms with van der Waals surface area (Å²) in [6.07, 6.45) is 0.0335. The van der Waals surface area contributed by atoms with Gasteiger partial charge in [-0.05, 0) is 32.0 Å². The summed E-state index contributed by atoms with van der Waals surface area (Å²) in [5.74, 6) is -0.384. The molecule has 0 aliphatic heterocycles. The quantitative estimate of drug-likeness (QED) is 0.618. The van der Waals surface area contributed by atoms with Crippen molar-refractivity contribution in [3.05, 3.63) is 23.8 Å². The summed E-state index contributed by atoms with van der Waals surface area (Å²) in [6, 6.07) is 5.07. The SMILES string of the molecule is COC(=O)c1ccc(N)c(N[C@@H](C)[C@H](C)OC)c1. The fraction of sp³-hybridized carbons (Fsp3) is 0.462. The van der Waals surface area contributed by atoms with E-state index in [1.165, 1.54) is 7.11 Å². The number of carbonyl (C=O) groups excluding carboxylic acids is 1. The molecule has 0 amide bonds. The van der Waals surface area contributed by atoms with E-state index in [4.69, 9.17) is 10.5 Å². The molecule has 0 radical (unpaired) electrons. The molecule has 0 spiro atoms. The molecule has 0 bridgehead atoms. The van der Waals surface area contributed by atoms with Crippen LogP contribution in [-0.2, 0) is 9.47 Å². The van der Waals surface area contributed by atoms with E-state index in [1.54, 1.807) is 25.3 Å². The number of rotatable bonds is 5. The second kappa shape index (κ2) is 6.26. The van der Waals surface area contributed by atoms with Crippen LogP contribution >= 0.6 is 0 Å². The zero-order valence-corrected chi connectivity index (χ0v) is 11.2. The minimum Gasteiger partial charge on any atom is -0.465 e. The van der Waals surface area contributed by atoms with Crippen molar-refractivity contribution in [2.24, 2.45) is 0 Å². The third kappa shape index (κ3) is 3.37. The first-order chi connectivity index (χ1) is 8.49. The Balaban J connectivity index is 2.91.